The van der Waals surface area contributed by atoms with Crippen LogP contribution in [0.1, 0.15) is 22.8 Å². The summed E-state index contributed by atoms with van der Waals surface area (Å²) in [5.74, 6) is -0.496. The largest absolute Gasteiger partial charge is 0.484 e. The number of halogens is 3. The third-order valence-corrected chi connectivity index (χ3v) is 3.14. The van der Waals surface area contributed by atoms with Crippen LogP contribution >= 0.6 is 0 Å². The number of ether oxygens (including phenoxy) is 1. The maximum absolute atomic E-state index is 12.8. The van der Waals surface area contributed by atoms with Gasteiger partial charge in [0.1, 0.15) is 5.75 Å². The Labute approximate surface area is 136 Å². The molecule has 126 valence electrons. The van der Waals surface area contributed by atoms with E-state index in [0.717, 1.165) is 6.07 Å². The molecular formula is C17H14F3NO3. The third kappa shape index (κ3) is 4.58. The smallest absolute Gasteiger partial charge is 0.418 e. The molecule has 0 aromatic heterocycles. The number of anilines is 1. The second kappa shape index (κ2) is 7.16. The molecule has 2 aromatic carbocycles. The summed E-state index contributed by atoms with van der Waals surface area (Å²) in [6, 6.07) is 10.8. The summed E-state index contributed by atoms with van der Waals surface area (Å²) in [4.78, 5) is 22.9. The molecule has 0 spiro atoms. The van der Waals surface area contributed by atoms with Gasteiger partial charge in [0.05, 0.1) is 11.3 Å². The standard InChI is InChI=1S/C17H14F3NO3/c1-11(22)12-6-8-13(9-7-12)24-10-16(23)21-15-5-3-2-4-14(15)17(18,19)20/h2-9H,10H2,1H3,(H,21,23). The average Bonchev–Trinajstić information content (AvgIpc) is 2.53. The highest BCUT2D eigenvalue weighted by Gasteiger charge is 2.33. The number of carbonyl (C=O) groups excluding carboxylic acids is 2. The number of hydrogen-bond acceptors (Lipinski definition) is 3. The Morgan fingerprint density at radius 2 is 1.67 bits per heavy atom. The summed E-state index contributed by atoms with van der Waals surface area (Å²) in [6.45, 7) is 0.965. The minimum Gasteiger partial charge on any atom is -0.484 e. The number of rotatable bonds is 5. The van der Waals surface area contributed by atoms with Crippen LogP contribution in [0.3, 0.4) is 0 Å². The number of ketones is 1. The number of carbonyl (C=O) groups is 2. The molecule has 1 N–H and O–H groups in total. The van der Waals surface area contributed by atoms with E-state index in [-0.39, 0.29) is 11.5 Å². The van der Waals surface area contributed by atoms with Crippen LogP contribution in [-0.2, 0) is 11.0 Å². The van der Waals surface area contributed by atoms with Crippen molar-refractivity contribution in [3.63, 3.8) is 0 Å². The molecule has 0 aliphatic carbocycles. The molecule has 2 aromatic rings. The molecule has 4 nitrogen and oxygen atoms in total. The van der Waals surface area contributed by atoms with Crippen molar-refractivity contribution in [2.45, 2.75) is 13.1 Å². The van der Waals surface area contributed by atoms with Gasteiger partial charge in [-0.1, -0.05) is 12.1 Å². The number of amides is 1. The van der Waals surface area contributed by atoms with Crippen LogP contribution in [0.15, 0.2) is 48.5 Å². The van der Waals surface area contributed by atoms with Crippen molar-refractivity contribution >= 4 is 17.4 Å². The summed E-state index contributed by atoms with van der Waals surface area (Å²) < 4.78 is 43.7. The Kier molecular flexibility index (Phi) is 5.23. The van der Waals surface area contributed by atoms with Gasteiger partial charge in [0, 0.05) is 5.56 Å². The molecule has 0 bridgehead atoms. The second-order valence-corrected chi connectivity index (χ2v) is 4.96. The van der Waals surface area contributed by atoms with Gasteiger partial charge in [0.15, 0.2) is 12.4 Å². The Morgan fingerprint density at radius 3 is 2.25 bits per heavy atom. The van der Waals surface area contributed by atoms with Gasteiger partial charge >= 0.3 is 6.18 Å². The lowest BCUT2D eigenvalue weighted by atomic mass is 10.1. The third-order valence-electron chi connectivity index (χ3n) is 3.14. The first-order chi connectivity index (χ1) is 11.3. The van der Waals surface area contributed by atoms with Crippen molar-refractivity contribution in [3.05, 3.63) is 59.7 Å². The topological polar surface area (TPSA) is 55.4 Å². The molecule has 1 amide bonds. The van der Waals surface area contributed by atoms with Gasteiger partial charge < -0.3 is 10.1 Å². The van der Waals surface area contributed by atoms with Gasteiger partial charge in [0.2, 0.25) is 0 Å². The van der Waals surface area contributed by atoms with Crippen LogP contribution in [0.2, 0.25) is 0 Å². The zero-order chi connectivity index (χ0) is 17.7. The number of hydrogen-bond donors (Lipinski definition) is 1. The minimum absolute atomic E-state index is 0.108. The van der Waals surface area contributed by atoms with Crippen LogP contribution in [0.5, 0.6) is 5.75 Å². The molecule has 0 saturated carbocycles. The second-order valence-electron chi connectivity index (χ2n) is 4.96. The predicted octanol–water partition coefficient (Wildman–Crippen LogP) is 3.93. The van der Waals surface area contributed by atoms with Crippen LogP contribution in [0, 0.1) is 0 Å². The Bertz CT molecular complexity index is 739. The van der Waals surface area contributed by atoms with Crippen molar-refractivity contribution in [2.75, 3.05) is 11.9 Å². The monoisotopic (exact) mass is 337 g/mol. The van der Waals surface area contributed by atoms with Gasteiger partial charge in [-0.05, 0) is 43.3 Å². The minimum atomic E-state index is -4.56. The van der Waals surface area contributed by atoms with Crippen molar-refractivity contribution in [3.8, 4) is 5.75 Å². The maximum atomic E-state index is 12.8. The number of alkyl halides is 3. The van der Waals surface area contributed by atoms with Crippen molar-refractivity contribution < 1.29 is 27.5 Å². The van der Waals surface area contributed by atoms with Crippen LogP contribution in [0.25, 0.3) is 0 Å². The number of Topliss-reactive ketones (excluding diaryl/α,β-unsaturated/α-hetero) is 1. The lowest BCUT2D eigenvalue weighted by molar-refractivity contribution is -0.137. The molecule has 0 radical (unpaired) electrons. The molecule has 0 fully saturated rings. The van der Waals surface area contributed by atoms with Crippen LogP contribution < -0.4 is 10.1 Å². The molecule has 24 heavy (non-hydrogen) atoms. The number of para-hydroxylation sites is 1. The molecule has 0 aliphatic heterocycles. The predicted molar refractivity (Wildman–Crippen MR) is 82.0 cm³/mol. The Balaban J connectivity index is 1.98. The fourth-order valence-electron chi connectivity index (χ4n) is 1.96. The lowest BCUT2D eigenvalue weighted by Gasteiger charge is -2.13. The van der Waals surface area contributed by atoms with Crippen LogP contribution in [0.4, 0.5) is 18.9 Å². The van der Waals surface area contributed by atoms with Crippen molar-refractivity contribution in [2.24, 2.45) is 0 Å². The van der Waals surface area contributed by atoms with E-state index in [1.807, 2.05) is 0 Å². The summed E-state index contributed by atoms with van der Waals surface area (Å²) in [6.07, 6.45) is -4.56. The Hall–Kier alpha value is -2.83. The zero-order valence-electron chi connectivity index (χ0n) is 12.7. The Morgan fingerprint density at radius 1 is 1.04 bits per heavy atom. The zero-order valence-corrected chi connectivity index (χ0v) is 12.7. The lowest BCUT2D eigenvalue weighted by Crippen LogP contribution is -2.22. The van der Waals surface area contributed by atoms with Crippen LogP contribution in [-0.4, -0.2) is 18.3 Å². The van der Waals surface area contributed by atoms with Crippen molar-refractivity contribution in [1.82, 2.24) is 0 Å². The molecule has 2 rings (SSSR count). The quantitative estimate of drug-likeness (QED) is 0.841. The highest BCUT2D eigenvalue weighted by Crippen LogP contribution is 2.34. The summed E-state index contributed by atoms with van der Waals surface area (Å²) in [7, 11) is 0. The average molecular weight is 337 g/mol. The maximum Gasteiger partial charge on any atom is 0.418 e. The molecule has 7 heteroatoms. The van der Waals surface area contributed by atoms with E-state index >= 15 is 0 Å². The molecular weight excluding hydrogens is 323 g/mol. The highest BCUT2D eigenvalue weighted by atomic mass is 19.4. The fourth-order valence-corrected chi connectivity index (χ4v) is 1.96. The first-order valence-electron chi connectivity index (χ1n) is 6.97. The van der Waals surface area contributed by atoms with Gasteiger partial charge in [-0.15, -0.1) is 0 Å². The van der Waals surface area contributed by atoms with E-state index in [1.165, 1.54) is 49.4 Å². The van der Waals surface area contributed by atoms with Gasteiger partial charge in [-0.2, -0.15) is 13.2 Å². The van der Waals surface area contributed by atoms with E-state index in [4.69, 9.17) is 4.74 Å². The molecule has 0 saturated heterocycles. The summed E-state index contributed by atoms with van der Waals surface area (Å²) in [5.41, 5.74) is -0.763. The van der Waals surface area contributed by atoms with E-state index in [1.54, 1.807) is 0 Å². The molecule has 0 atom stereocenters. The van der Waals surface area contributed by atoms with Gasteiger partial charge in [-0.25, -0.2) is 0 Å². The van der Waals surface area contributed by atoms with E-state index in [9.17, 15) is 22.8 Å². The van der Waals surface area contributed by atoms with Crippen molar-refractivity contribution in [1.29, 1.82) is 0 Å². The first-order valence-corrected chi connectivity index (χ1v) is 6.97. The van der Waals surface area contributed by atoms with E-state index in [0.29, 0.717) is 11.3 Å². The van der Waals surface area contributed by atoms with E-state index in [2.05, 4.69) is 5.32 Å². The first kappa shape index (κ1) is 17.5. The normalized spacial score (nSPS) is 11.0. The van der Waals surface area contributed by atoms with Gasteiger partial charge in [0.25, 0.3) is 5.91 Å². The van der Waals surface area contributed by atoms with Gasteiger partial charge in [-0.3, -0.25) is 9.59 Å². The number of benzene rings is 2. The fraction of sp³-hybridized carbons (Fsp3) is 0.176. The SMILES string of the molecule is CC(=O)c1ccc(OCC(=O)Nc2ccccc2C(F)(F)F)cc1. The molecule has 0 heterocycles. The molecule has 0 unspecified atom stereocenters. The summed E-state index contributed by atoms with van der Waals surface area (Å²) in [5, 5.41) is 2.18. The molecule has 0 aliphatic rings. The highest BCUT2D eigenvalue weighted by molar-refractivity contribution is 5.94. The number of nitrogens with one attached hydrogen (secondary N) is 1. The van der Waals surface area contributed by atoms with E-state index < -0.39 is 24.3 Å². The summed E-state index contributed by atoms with van der Waals surface area (Å²) >= 11 is 0.